The average molecular weight is 221 g/mol. The molecule has 3 fully saturated rings. The smallest absolute Gasteiger partial charge is 0.00433 e. The highest BCUT2D eigenvalue weighted by Crippen LogP contribution is 2.65. The van der Waals surface area contributed by atoms with Crippen molar-refractivity contribution >= 4 is 0 Å². The maximum absolute atomic E-state index is 6.05. The lowest BCUT2D eigenvalue weighted by Crippen LogP contribution is -2.35. The first-order valence-electron chi connectivity index (χ1n) is 7.33. The second kappa shape index (κ2) is 3.73. The molecule has 0 heterocycles. The van der Waals surface area contributed by atoms with Crippen molar-refractivity contribution < 1.29 is 0 Å². The summed E-state index contributed by atoms with van der Waals surface area (Å²) in [5.41, 5.74) is 6.05. The van der Waals surface area contributed by atoms with Crippen LogP contribution in [0.1, 0.15) is 40.0 Å². The Bertz CT molecular complexity index is 269. The summed E-state index contributed by atoms with van der Waals surface area (Å²) in [4.78, 5) is 0. The van der Waals surface area contributed by atoms with E-state index in [0.717, 1.165) is 53.9 Å². The van der Waals surface area contributed by atoms with Gasteiger partial charge in [-0.05, 0) is 73.2 Å². The van der Waals surface area contributed by atoms with Crippen LogP contribution in [0.25, 0.3) is 0 Å². The van der Waals surface area contributed by atoms with Crippen LogP contribution < -0.4 is 5.73 Å². The summed E-state index contributed by atoms with van der Waals surface area (Å²) in [6.45, 7) is 8.24. The van der Waals surface area contributed by atoms with Gasteiger partial charge in [-0.2, -0.15) is 0 Å². The van der Waals surface area contributed by atoms with E-state index in [2.05, 4.69) is 20.8 Å². The Balaban J connectivity index is 1.59. The summed E-state index contributed by atoms with van der Waals surface area (Å²) < 4.78 is 0. The molecule has 16 heavy (non-hydrogen) atoms. The molecule has 1 nitrogen and oxygen atoms in total. The maximum Gasteiger partial charge on any atom is -0.00433 e. The molecular formula is C15H27N. The normalized spacial score (nSPS) is 56.6. The molecule has 0 bridgehead atoms. The van der Waals surface area contributed by atoms with Gasteiger partial charge in [0.1, 0.15) is 0 Å². The van der Waals surface area contributed by atoms with Gasteiger partial charge in [0.05, 0.1) is 0 Å². The molecule has 3 aliphatic carbocycles. The summed E-state index contributed by atoms with van der Waals surface area (Å²) >= 11 is 0. The molecule has 0 aromatic rings. The third kappa shape index (κ3) is 1.63. The van der Waals surface area contributed by atoms with Crippen LogP contribution in [0.15, 0.2) is 0 Å². The molecule has 6 atom stereocenters. The fourth-order valence-corrected chi connectivity index (χ4v) is 4.74. The third-order valence-electron chi connectivity index (χ3n) is 5.97. The predicted molar refractivity (Wildman–Crippen MR) is 67.8 cm³/mol. The van der Waals surface area contributed by atoms with Crippen LogP contribution >= 0.6 is 0 Å². The first-order chi connectivity index (χ1) is 7.63. The third-order valence-corrected chi connectivity index (χ3v) is 5.97. The Kier molecular flexibility index (Phi) is 2.58. The van der Waals surface area contributed by atoms with E-state index in [1.165, 1.54) is 19.3 Å². The Labute approximate surface area is 100 Å². The predicted octanol–water partition coefficient (Wildman–Crippen LogP) is 3.15. The highest BCUT2D eigenvalue weighted by molar-refractivity contribution is 5.08. The van der Waals surface area contributed by atoms with Crippen LogP contribution in [0.4, 0.5) is 0 Å². The van der Waals surface area contributed by atoms with Crippen LogP contribution in [0, 0.1) is 47.3 Å². The van der Waals surface area contributed by atoms with Gasteiger partial charge in [0.2, 0.25) is 0 Å². The van der Waals surface area contributed by atoms with Gasteiger partial charge in [-0.3, -0.25) is 0 Å². The van der Waals surface area contributed by atoms with E-state index in [4.69, 9.17) is 5.73 Å². The van der Waals surface area contributed by atoms with E-state index in [1.807, 2.05) is 0 Å². The molecule has 0 saturated heterocycles. The lowest BCUT2D eigenvalue weighted by molar-refractivity contribution is 0.119. The van der Waals surface area contributed by atoms with Crippen molar-refractivity contribution in [3.63, 3.8) is 0 Å². The molecule has 3 rings (SSSR count). The van der Waals surface area contributed by atoms with Crippen molar-refractivity contribution in [1.82, 2.24) is 0 Å². The molecule has 3 unspecified atom stereocenters. The number of hydrogen-bond donors (Lipinski definition) is 1. The number of nitrogens with two attached hydrogens (primary N) is 1. The highest BCUT2D eigenvalue weighted by Gasteiger charge is 2.60. The molecule has 0 spiro atoms. The second-order valence-electron chi connectivity index (χ2n) is 7.13. The van der Waals surface area contributed by atoms with Crippen molar-refractivity contribution in [3.05, 3.63) is 0 Å². The van der Waals surface area contributed by atoms with Crippen LogP contribution in [-0.4, -0.2) is 6.54 Å². The van der Waals surface area contributed by atoms with Crippen molar-refractivity contribution in [1.29, 1.82) is 0 Å². The van der Waals surface area contributed by atoms with Gasteiger partial charge in [-0.25, -0.2) is 0 Å². The van der Waals surface area contributed by atoms with Crippen molar-refractivity contribution in [2.24, 2.45) is 53.1 Å². The molecular weight excluding hydrogens is 194 g/mol. The first kappa shape index (κ1) is 11.1. The minimum absolute atomic E-state index is 0.865. The van der Waals surface area contributed by atoms with Gasteiger partial charge in [0.15, 0.2) is 0 Å². The van der Waals surface area contributed by atoms with Crippen molar-refractivity contribution in [2.45, 2.75) is 40.0 Å². The first-order valence-corrected chi connectivity index (χ1v) is 7.33. The van der Waals surface area contributed by atoms with Crippen LogP contribution in [-0.2, 0) is 0 Å². The van der Waals surface area contributed by atoms with E-state index < -0.39 is 0 Å². The Morgan fingerprint density at radius 3 is 2.19 bits per heavy atom. The topological polar surface area (TPSA) is 26.0 Å². The highest BCUT2D eigenvalue weighted by atomic mass is 14.7. The van der Waals surface area contributed by atoms with E-state index in [9.17, 15) is 0 Å². The van der Waals surface area contributed by atoms with Gasteiger partial charge in [0, 0.05) is 0 Å². The molecule has 0 aromatic heterocycles. The molecule has 92 valence electrons. The molecule has 0 amide bonds. The number of rotatable bonds is 4. The fraction of sp³-hybridized carbons (Fsp3) is 1.00. The molecule has 3 aliphatic rings. The second-order valence-corrected chi connectivity index (χ2v) is 7.13. The molecule has 0 aromatic carbocycles. The van der Waals surface area contributed by atoms with E-state index in [1.54, 1.807) is 0 Å². The summed E-state index contributed by atoms with van der Waals surface area (Å²) in [7, 11) is 0. The Morgan fingerprint density at radius 2 is 1.75 bits per heavy atom. The molecule has 2 N–H and O–H groups in total. The van der Waals surface area contributed by atoms with Crippen LogP contribution in [0.5, 0.6) is 0 Å². The SMILES string of the molecule is CC1CC([C@H](CN)C2C(C3C[C@H]3C)[C@H]2C)C1. The summed E-state index contributed by atoms with van der Waals surface area (Å²) in [5, 5.41) is 0. The van der Waals surface area contributed by atoms with Crippen LogP contribution in [0.3, 0.4) is 0 Å². The monoisotopic (exact) mass is 221 g/mol. The van der Waals surface area contributed by atoms with Crippen LogP contribution in [0.2, 0.25) is 0 Å². The number of hydrogen-bond acceptors (Lipinski definition) is 1. The Hall–Kier alpha value is -0.0400. The zero-order valence-electron chi connectivity index (χ0n) is 11.0. The Morgan fingerprint density at radius 1 is 1.12 bits per heavy atom. The molecule has 3 saturated carbocycles. The van der Waals surface area contributed by atoms with E-state index >= 15 is 0 Å². The van der Waals surface area contributed by atoms with Crippen molar-refractivity contribution in [2.75, 3.05) is 6.54 Å². The fourth-order valence-electron chi connectivity index (χ4n) is 4.74. The van der Waals surface area contributed by atoms with Gasteiger partial charge >= 0.3 is 0 Å². The standard InChI is InChI=1S/C15H27N/c1-8-4-11(5-8)13(7-16)15-10(3)14(15)12-6-9(12)2/h8-15H,4-7,16H2,1-3H3/t8?,9-,10-,11?,12?,13+,14?,15?/m1/s1. The molecule has 1 heteroatoms. The quantitative estimate of drug-likeness (QED) is 0.775. The largest absolute Gasteiger partial charge is 0.330 e. The maximum atomic E-state index is 6.05. The van der Waals surface area contributed by atoms with Gasteiger partial charge < -0.3 is 5.73 Å². The van der Waals surface area contributed by atoms with Gasteiger partial charge in [-0.15, -0.1) is 0 Å². The lowest BCUT2D eigenvalue weighted by Gasteiger charge is -2.39. The minimum Gasteiger partial charge on any atom is -0.330 e. The minimum atomic E-state index is 0.865. The summed E-state index contributed by atoms with van der Waals surface area (Å²) in [5.74, 6) is 7.96. The zero-order valence-corrected chi connectivity index (χ0v) is 11.0. The van der Waals surface area contributed by atoms with Gasteiger partial charge in [-0.1, -0.05) is 20.8 Å². The summed E-state index contributed by atoms with van der Waals surface area (Å²) in [6, 6.07) is 0. The molecule has 0 radical (unpaired) electrons. The van der Waals surface area contributed by atoms with E-state index in [-0.39, 0.29) is 0 Å². The zero-order chi connectivity index (χ0) is 11.4. The molecule has 0 aliphatic heterocycles. The lowest BCUT2D eigenvalue weighted by atomic mass is 9.67. The van der Waals surface area contributed by atoms with Gasteiger partial charge in [0.25, 0.3) is 0 Å². The summed E-state index contributed by atoms with van der Waals surface area (Å²) in [6.07, 6.45) is 4.42. The van der Waals surface area contributed by atoms with E-state index in [0.29, 0.717) is 0 Å². The van der Waals surface area contributed by atoms with Crippen molar-refractivity contribution in [3.8, 4) is 0 Å². The average Bonchev–Trinajstić information content (AvgIpc) is 3.05.